The first kappa shape index (κ1) is 17.1. The van der Waals surface area contributed by atoms with Crippen molar-refractivity contribution in [3.8, 4) is 5.75 Å². The van der Waals surface area contributed by atoms with Crippen molar-refractivity contribution < 1.29 is 9.53 Å². The number of carbonyl (C=O) groups is 1. The summed E-state index contributed by atoms with van der Waals surface area (Å²) in [6.07, 6.45) is 1.65. The smallest absolute Gasteiger partial charge is 0.354 e. The highest BCUT2D eigenvalue weighted by molar-refractivity contribution is 5.96. The molecule has 0 radical (unpaired) electrons. The molecule has 0 spiro atoms. The first-order valence-corrected chi connectivity index (χ1v) is 8.86. The lowest BCUT2D eigenvalue weighted by Gasteiger charge is -2.15. The van der Waals surface area contributed by atoms with Crippen LogP contribution >= 0.6 is 0 Å². The number of anilines is 1. The Morgan fingerprint density at radius 3 is 2.44 bits per heavy atom. The van der Waals surface area contributed by atoms with Gasteiger partial charge in [-0.05, 0) is 42.7 Å². The van der Waals surface area contributed by atoms with Gasteiger partial charge in [0.05, 0.1) is 13.7 Å². The van der Waals surface area contributed by atoms with E-state index in [0.717, 1.165) is 17.4 Å². The molecule has 0 saturated carbocycles. The van der Waals surface area contributed by atoms with Gasteiger partial charge in [-0.3, -0.25) is 4.90 Å². The van der Waals surface area contributed by atoms with Crippen LogP contribution in [0, 0.1) is 0 Å². The van der Waals surface area contributed by atoms with Crippen molar-refractivity contribution in [2.24, 2.45) is 0 Å². The predicted molar refractivity (Wildman–Crippen MR) is 101 cm³/mol. The molecule has 1 amide bonds. The maximum absolute atomic E-state index is 12.7. The first-order valence-electron chi connectivity index (χ1n) is 8.86. The van der Waals surface area contributed by atoms with Crippen LogP contribution in [0.1, 0.15) is 17.8 Å². The largest absolute Gasteiger partial charge is 0.497 e. The molecule has 0 atom stereocenters. The minimum Gasteiger partial charge on any atom is -0.497 e. The Labute approximate surface area is 156 Å². The van der Waals surface area contributed by atoms with Gasteiger partial charge in [-0.25, -0.2) is 14.3 Å². The lowest BCUT2D eigenvalue weighted by molar-refractivity contribution is 0.249. The van der Waals surface area contributed by atoms with E-state index in [9.17, 15) is 9.59 Å². The monoisotopic (exact) mass is 364 g/mol. The number of hydrogen-bond acceptors (Lipinski definition) is 4. The molecule has 138 valence electrons. The molecule has 3 aromatic rings. The second-order valence-corrected chi connectivity index (χ2v) is 6.41. The van der Waals surface area contributed by atoms with Crippen molar-refractivity contribution in [2.45, 2.75) is 25.9 Å². The van der Waals surface area contributed by atoms with Crippen molar-refractivity contribution in [1.82, 2.24) is 14.3 Å². The Balaban J connectivity index is 1.46. The molecule has 7 heteroatoms. The number of hydrogen-bond donors (Lipinski definition) is 0. The summed E-state index contributed by atoms with van der Waals surface area (Å²) in [6.45, 7) is 0.773. The molecule has 4 rings (SSSR count). The van der Waals surface area contributed by atoms with Gasteiger partial charge in [-0.15, -0.1) is 0 Å². The first-order chi connectivity index (χ1) is 13.2. The van der Waals surface area contributed by atoms with Crippen molar-refractivity contribution in [1.29, 1.82) is 0 Å². The van der Waals surface area contributed by atoms with Gasteiger partial charge in [0.25, 0.3) is 0 Å². The number of ether oxygens (including phenoxy) is 1. The van der Waals surface area contributed by atoms with Gasteiger partial charge >= 0.3 is 11.7 Å². The fourth-order valence-corrected chi connectivity index (χ4v) is 3.26. The van der Waals surface area contributed by atoms with Crippen LogP contribution in [0.25, 0.3) is 0 Å². The maximum atomic E-state index is 12.7. The molecular formula is C20H20N4O3. The number of fused-ring (bicyclic) bond motifs is 1. The van der Waals surface area contributed by atoms with E-state index in [-0.39, 0.29) is 18.3 Å². The summed E-state index contributed by atoms with van der Waals surface area (Å²) in [5.41, 5.74) is 1.56. The summed E-state index contributed by atoms with van der Waals surface area (Å²) in [4.78, 5) is 26.8. The lowest BCUT2D eigenvalue weighted by atomic mass is 10.1. The third-order valence-corrected chi connectivity index (χ3v) is 4.69. The van der Waals surface area contributed by atoms with E-state index >= 15 is 0 Å². The molecule has 0 aliphatic carbocycles. The fraction of sp³-hybridized carbons (Fsp3) is 0.250. The van der Waals surface area contributed by atoms with E-state index < -0.39 is 0 Å². The van der Waals surface area contributed by atoms with E-state index in [1.54, 1.807) is 31.4 Å². The Kier molecular flexibility index (Phi) is 4.50. The van der Waals surface area contributed by atoms with Gasteiger partial charge in [0.15, 0.2) is 5.82 Å². The van der Waals surface area contributed by atoms with Gasteiger partial charge in [-0.2, -0.15) is 9.67 Å². The molecule has 2 heterocycles. The van der Waals surface area contributed by atoms with Crippen LogP contribution in [-0.4, -0.2) is 27.5 Å². The lowest BCUT2D eigenvalue weighted by Crippen LogP contribution is -2.34. The molecule has 0 fully saturated rings. The molecule has 0 N–H and O–H groups in total. The Hall–Kier alpha value is -3.35. The molecular weight excluding hydrogens is 344 g/mol. The zero-order chi connectivity index (χ0) is 18.8. The van der Waals surface area contributed by atoms with Gasteiger partial charge in [0.1, 0.15) is 5.75 Å². The van der Waals surface area contributed by atoms with Crippen molar-refractivity contribution in [3.63, 3.8) is 0 Å². The summed E-state index contributed by atoms with van der Waals surface area (Å²) in [6, 6.07) is 16.9. The highest BCUT2D eigenvalue weighted by atomic mass is 16.5. The van der Waals surface area contributed by atoms with Crippen LogP contribution in [0.5, 0.6) is 5.75 Å². The van der Waals surface area contributed by atoms with Crippen LogP contribution in [-0.2, 0) is 19.5 Å². The van der Waals surface area contributed by atoms with Crippen molar-refractivity contribution >= 4 is 11.7 Å². The molecule has 2 aromatic carbocycles. The van der Waals surface area contributed by atoms with E-state index in [4.69, 9.17) is 4.74 Å². The number of methoxy groups -OCH3 is 1. The molecule has 0 unspecified atom stereocenters. The van der Waals surface area contributed by atoms with Crippen molar-refractivity contribution in [3.05, 3.63) is 76.5 Å². The molecule has 27 heavy (non-hydrogen) atoms. The van der Waals surface area contributed by atoms with E-state index in [2.05, 4.69) is 17.2 Å². The third-order valence-electron chi connectivity index (χ3n) is 4.69. The number of aryl methyl sites for hydroxylation is 2. The standard InChI is InChI=1S/C20H20N4O3/c1-27-17-11-9-16(10-12-17)22-14-18-21-23(20(26)24(18)19(22)25)13-5-8-15-6-3-2-4-7-15/h2-4,6-7,9-12H,5,8,13-14H2,1H3. The maximum Gasteiger partial charge on any atom is 0.354 e. The van der Waals surface area contributed by atoms with Crippen LogP contribution < -0.4 is 15.3 Å². The number of rotatable bonds is 6. The Bertz CT molecular complexity index is 1010. The SMILES string of the molecule is COc1ccc(N2Cc3nn(CCCc4ccccc4)c(=O)n3C2=O)cc1. The zero-order valence-electron chi connectivity index (χ0n) is 15.0. The van der Waals surface area contributed by atoms with E-state index in [1.165, 1.54) is 15.1 Å². The number of aromatic nitrogens is 3. The van der Waals surface area contributed by atoms with Gasteiger partial charge in [0, 0.05) is 12.2 Å². The highest BCUT2D eigenvalue weighted by Crippen LogP contribution is 2.24. The average molecular weight is 364 g/mol. The number of carbonyl (C=O) groups excluding carboxylic acids is 1. The molecule has 1 aliphatic heterocycles. The third kappa shape index (κ3) is 3.23. The van der Waals surface area contributed by atoms with Crippen LogP contribution in [0.3, 0.4) is 0 Å². The molecule has 0 saturated heterocycles. The predicted octanol–water partition coefficient (Wildman–Crippen LogP) is 2.67. The average Bonchev–Trinajstić information content (AvgIpc) is 3.19. The summed E-state index contributed by atoms with van der Waals surface area (Å²) in [7, 11) is 1.59. The molecule has 7 nitrogen and oxygen atoms in total. The van der Waals surface area contributed by atoms with Gasteiger partial charge in [0.2, 0.25) is 0 Å². The zero-order valence-corrected chi connectivity index (χ0v) is 15.0. The van der Waals surface area contributed by atoms with Crippen LogP contribution in [0.2, 0.25) is 0 Å². The second kappa shape index (κ2) is 7.11. The second-order valence-electron chi connectivity index (χ2n) is 6.41. The Morgan fingerprint density at radius 1 is 1.04 bits per heavy atom. The topological polar surface area (TPSA) is 69.4 Å². The summed E-state index contributed by atoms with van der Waals surface area (Å²) >= 11 is 0. The minimum absolute atomic E-state index is 0.284. The Morgan fingerprint density at radius 2 is 1.78 bits per heavy atom. The minimum atomic E-state index is -0.376. The van der Waals surface area contributed by atoms with Gasteiger partial charge in [-0.1, -0.05) is 30.3 Å². The molecule has 1 aliphatic rings. The van der Waals surface area contributed by atoms with Crippen LogP contribution in [0.15, 0.2) is 59.4 Å². The fourth-order valence-electron chi connectivity index (χ4n) is 3.26. The van der Waals surface area contributed by atoms with Crippen molar-refractivity contribution in [2.75, 3.05) is 12.0 Å². The molecule has 1 aromatic heterocycles. The highest BCUT2D eigenvalue weighted by Gasteiger charge is 2.33. The number of amides is 1. The van der Waals surface area contributed by atoms with Crippen LogP contribution in [0.4, 0.5) is 10.5 Å². The summed E-state index contributed by atoms with van der Waals surface area (Å²) in [5.74, 6) is 1.18. The molecule has 0 bridgehead atoms. The summed E-state index contributed by atoms with van der Waals surface area (Å²) in [5, 5.41) is 4.36. The normalized spacial score (nSPS) is 13.1. The quantitative estimate of drug-likeness (QED) is 0.674. The summed E-state index contributed by atoms with van der Waals surface area (Å²) < 4.78 is 7.69. The van der Waals surface area contributed by atoms with Gasteiger partial charge < -0.3 is 4.74 Å². The van der Waals surface area contributed by atoms with E-state index in [0.29, 0.717) is 23.8 Å². The number of nitrogens with zero attached hydrogens (tertiary/aromatic N) is 4. The number of benzene rings is 2. The van der Waals surface area contributed by atoms with E-state index in [1.807, 2.05) is 18.2 Å².